The van der Waals surface area contributed by atoms with E-state index in [1.54, 1.807) is 11.8 Å². The van der Waals surface area contributed by atoms with E-state index in [-0.39, 0.29) is 11.9 Å². The van der Waals surface area contributed by atoms with Crippen molar-refractivity contribution in [2.45, 2.75) is 10.9 Å². The summed E-state index contributed by atoms with van der Waals surface area (Å²) in [5.74, 6) is -0.322. The van der Waals surface area contributed by atoms with Gasteiger partial charge in [-0.25, -0.2) is 0 Å². The maximum Gasteiger partial charge on any atom is 0.239 e. The highest BCUT2D eigenvalue weighted by atomic mass is 32.2. The Kier molecular flexibility index (Phi) is 4.17. The number of carbonyl (C=O) groups is 1. The molecule has 0 saturated heterocycles. The molecule has 1 rings (SSSR count). The molecule has 1 amide bonds. The molecule has 1 atom stereocenters. The first-order valence-electron chi connectivity index (χ1n) is 4.66. The predicted octanol–water partition coefficient (Wildman–Crippen LogP) is 1.50. The fraction of sp³-hybridized carbons (Fsp3) is 0.364. The van der Waals surface area contributed by atoms with Gasteiger partial charge in [0, 0.05) is 4.90 Å². The minimum absolute atomic E-state index is 0.322. The van der Waals surface area contributed by atoms with E-state index in [0.29, 0.717) is 0 Å². The van der Waals surface area contributed by atoms with Crippen LogP contribution in [0.3, 0.4) is 0 Å². The van der Waals surface area contributed by atoms with Gasteiger partial charge in [0.25, 0.3) is 0 Å². The fourth-order valence-corrected chi connectivity index (χ4v) is 1.91. The van der Waals surface area contributed by atoms with Gasteiger partial charge in [0.1, 0.15) is 6.04 Å². The van der Waals surface area contributed by atoms with E-state index in [9.17, 15) is 4.79 Å². The Morgan fingerprint density at radius 3 is 2.20 bits per heavy atom. The van der Waals surface area contributed by atoms with Gasteiger partial charge >= 0.3 is 0 Å². The molecule has 4 heteroatoms. The van der Waals surface area contributed by atoms with Crippen molar-refractivity contribution in [1.82, 2.24) is 4.90 Å². The lowest BCUT2D eigenvalue weighted by Crippen LogP contribution is -2.32. The van der Waals surface area contributed by atoms with E-state index in [0.717, 1.165) is 5.56 Å². The van der Waals surface area contributed by atoms with Crippen LogP contribution in [0.25, 0.3) is 0 Å². The summed E-state index contributed by atoms with van der Waals surface area (Å²) in [5, 5.41) is 0. The Morgan fingerprint density at radius 1 is 1.33 bits per heavy atom. The third-order valence-corrected chi connectivity index (χ3v) is 2.96. The first-order valence-corrected chi connectivity index (χ1v) is 5.88. The van der Waals surface area contributed by atoms with Gasteiger partial charge in [-0.15, -0.1) is 11.8 Å². The van der Waals surface area contributed by atoms with Crippen molar-refractivity contribution >= 4 is 17.7 Å². The number of likely N-dealkylation sites (N-methyl/N-ethyl adjacent to an activating group) is 1. The van der Waals surface area contributed by atoms with E-state index >= 15 is 0 Å². The Hall–Kier alpha value is -1.00. The summed E-state index contributed by atoms with van der Waals surface area (Å²) in [7, 11) is 3.69. The van der Waals surface area contributed by atoms with Gasteiger partial charge in [-0.2, -0.15) is 0 Å². The van der Waals surface area contributed by atoms with Crippen LogP contribution in [-0.2, 0) is 4.79 Å². The maximum absolute atomic E-state index is 11.3. The molecule has 82 valence electrons. The summed E-state index contributed by atoms with van der Waals surface area (Å²) >= 11 is 1.68. The second-order valence-corrected chi connectivity index (χ2v) is 4.42. The number of amides is 1. The second kappa shape index (κ2) is 5.19. The van der Waals surface area contributed by atoms with Crippen LogP contribution in [0, 0.1) is 0 Å². The van der Waals surface area contributed by atoms with Crippen molar-refractivity contribution in [3.8, 4) is 0 Å². The van der Waals surface area contributed by atoms with E-state index < -0.39 is 0 Å². The zero-order valence-corrected chi connectivity index (χ0v) is 10.0. The molecule has 0 aliphatic carbocycles. The monoisotopic (exact) mass is 224 g/mol. The Morgan fingerprint density at radius 2 is 1.87 bits per heavy atom. The number of primary amides is 1. The molecule has 1 aromatic rings. The minimum atomic E-state index is -0.346. The first-order chi connectivity index (χ1) is 7.06. The average molecular weight is 224 g/mol. The molecule has 0 bridgehead atoms. The van der Waals surface area contributed by atoms with Crippen LogP contribution in [0.1, 0.15) is 11.6 Å². The van der Waals surface area contributed by atoms with Crippen LogP contribution in [0.5, 0.6) is 0 Å². The molecule has 0 spiro atoms. The quantitative estimate of drug-likeness (QED) is 0.788. The summed E-state index contributed by atoms with van der Waals surface area (Å²) in [6.07, 6.45) is 2.02. The lowest BCUT2D eigenvalue weighted by Gasteiger charge is -2.21. The zero-order chi connectivity index (χ0) is 11.4. The SMILES string of the molecule is CSc1ccc(C(C(N)=O)N(C)C)cc1. The van der Waals surface area contributed by atoms with E-state index in [4.69, 9.17) is 5.73 Å². The number of benzene rings is 1. The summed E-state index contributed by atoms with van der Waals surface area (Å²) in [6.45, 7) is 0. The molecule has 0 saturated carbocycles. The van der Waals surface area contributed by atoms with Gasteiger partial charge in [-0.3, -0.25) is 9.69 Å². The highest BCUT2D eigenvalue weighted by Gasteiger charge is 2.19. The molecule has 2 N–H and O–H groups in total. The number of rotatable bonds is 4. The van der Waals surface area contributed by atoms with Gasteiger partial charge in [0.05, 0.1) is 0 Å². The Bertz CT molecular complexity index is 335. The highest BCUT2D eigenvalue weighted by molar-refractivity contribution is 7.98. The number of carbonyl (C=O) groups excluding carboxylic acids is 1. The molecule has 0 fully saturated rings. The molecule has 1 unspecified atom stereocenters. The Labute approximate surface area is 94.6 Å². The van der Waals surface area contributed by atoms with Crippen molar-refractivity contribution in [3.05, 3.63) is 29.8 Å². The minimum Gasteiger partial charge on any atom is -0.368 e. The number of nitrogens with zero attached hydrogens (tertiary/aromatic N) is 1. The van der Waals surface area contributed by atoms with Crippen molar-refractivity contribution in [2.75, 3.05) is 20.4 Å². The predicted molar refractivity (Wildman–Crippen MR) is 63.8 cm³/mol. The number of thioether (sulfide) groups is 1. The van der Waals surface area contributed by atoms with Crippen LogP contribution in [0.15, 0.2) is 29.2 Å². The molecular formula is C11H16N2OS. The molecule has 0 aliphatic rings. The van der Waals surface area contributed by atoms with Crippen molar-refractivity contribution < 1.29 is 4.79 Å². The maximum atomic E-state index is 11.3. The zero-order valence-electron chi connectivity index (χ0n) is 9.23. The normalized spacial score (nSPS) is 12.8. The highest BCUT2D eigenvalue weighted by Crippen LogP contribution is 2.21. The van der Waals surface area contributed by atoms with Crippen LogP contribution in [0.2, 0.25) is 0 Å². The molecule has 3 nitrogen and oxygen atoms in total. The molecule has 0 radical (unpaired) electrons. The van der Waals surface area contributed by atoms with E-state index in [2.05, 4.69) is 0 Å². The van der Waals surface area contributed by atoms with E-state index in [1.165, 1.54) is 4.90 Å². The van der Waals surface area contributed by atoms with Crippen molar-refractivity contribution in [2.24, 2.45) is 5.73 Å². The second-order valence-electron chi connectivity index (χ2n) is 3.54. The first kappa shape index (κ1) is 12.1. The topological polar surface area (TPSA) is 46.3 Å². The third-order valence-electron chi connectivity index (χ3n) is 2.22. The standard InChI is InChI=1S/C11H16N2OS/c1-13(2)10(11(12)14)8-4-6-9(15-3)7-5-8/h4-7,10H,1-3H3,(H2,12,14). The van der Waals surface area contributed by atoms with Crippen LogP contribution >= 0.6 is 11.8 Å². The molecule has 15 heavy (non-hydrogen) atoms. The lowest BCUT2D eigenvalue weighted by molar-refractivity contribution is -0.122. The summed E-state index contributed by atoms with van der Waals surface area (Å²) in [5.41, 5.74) is 6.29. The van der Waals surface area contributed by atoms with Crippen LogP contribution in [-0.4, -0.2) is 31.2 Å². The number of hydrogen-bond donors (Lipinski definition) is 1. The van der Waals surface area contributed by atoms with Crippen LogP contribution in [0.4, 0.5) is 0 Å². The van der Waals surface area contributed by atoms with Crippen molar-refractivity contribution in [1.29, 1.82) is 0 Å². The molecule has 0 heterocycles. The third kappa shape index (κ3) is 2.97. The summed E-state index contributed by atoms with van der Waals surface area (Å²) in [4.78, 5) is 14.3. The Balaban J connectivity index is 2.97. The summed E-state index contributed by atoms with van der Waals surface area (Å²) < 4.78 is 0. The largest absolute Gasteiger partial charge is 0.368 e. The van der Waals surface area contributed by atoms with Crippen LogP contribution < -0.4 is 5.73 Å². The molecular weight excluding hydrogens is 208 g/mol. The number of nitrogens with two attached hydrogens (primary N) is 1. The molecule has 0 aromatic heterocycles. The van der Waals surface area contributed by atoms with E-state index in [1.807, 2.05) is 49.5 Å². The van der Waals surface area contributed by atoms with Gasteiger partial charge < -0.3 is 5.73 Å². The molecule has 0 aliphatic heterocycles. The lowest BCUT2D eigenvalue weighted by atomic mass is 10.1. The van der Waals surface area contributed by atoms with Crippen molar-refractivity contribution in [3.63, 3.8) is 0 Å². The molecule has 1 aromatic carbocycles. The fourth-order valence-electron chi connectivity index (χ4n) is 1.50. The van der Waals surface area contributed by atoms with Gasteiger partial charge in [-0.1, -0.05) is 12.1 Å². The van der Waals surface area contributed by atoms with Gasteiger partial charge in [0.2, 0.25) is 5.91 Å². The average Bonchev–Trinajstić information content (AvgIpc) is 2.18. The van der Waals surface area contributed by atoms with Gasteiger partial charge in [0.15, 0.2) is 0 Å². The smallest absolute Gasteiger partial charge is 0.239 e. The summed E-state index contributed by atoms with van der Waals surface area (Å²) in [6, 6.07) is 7.54. The van der Waals surface area contributed by atoms with Gasteiger partial charge in [-0.05, 0) is 38.0 Å². The number of hydrogen-bond acceptors (Lipinski definition) is 3.